The van der Waals surface area contributed by atoms with E-state index in [1.807, 2.05) is 25.1 Å². The van der Waals surface area contributed by atoms with Crippen LogP contribution in [0.5, 0.6) is 5.75 Å². The zero-order chi connectivity index (χ0) is 23.7. The van der Waals surface area contributed by atoms with Gasteiger partial charge in [-0.3, -0.25) is 4.79 Å². The molecule has 34 heavy (non-hydrogen) atoms. The minimum atomic E-state index is -2.93. The zero-order valence-corrected chi connectivity index (χ0v) is 18.1. The van der Waals surface area contributed by atoms with Crippen molar-refractivity contribution in [3.8, 4) is 22.8 Å². The van der Waals surface area contributed by atoms with E-state index in [9.17, 15) is 13.6 Å². The minimum Gasteiger partial charge on any atom is -0.435 e. The highest BCUT2D eigenvalue weighted by Crippen LogP contribution is 2.34. The monoisotopic (exact) mass is 466 g/mol. The molecular formula is C23H20F2N6O3. The smallest absolute Gasteiger partial charge is 0.387 e. The van der Waals surface area contributed by atoms with E-state index in [0.717, 1.165) is 12.0 Å². The number of rotatable bonds is 6. The third-order valence-electron chi connectivity index (χ3n) is 5.57. The van der Waals surface area contributed by atoms with Crippen LogP contribution in [0.1, 0.15) is 40.7 Å². The summed E-state index contributed by atoms with van der Waals surface area (Å²) in [6.07, 6.45) is 4.53. The quantitative estimate of drug-likeness (QED) is 0.420. The maximum Gasteiger partial charge on any atom is 0.387 e. The van der Waals surface area contributed by atoms with Gasteiger partial charge in [0.2, 0.25) is 11.7 Å². The Balaban J connectivity index is 1.43. The molecule has 2 aromatic heterocycles. The van der Waals surface area contributed by atoms with E-state index in [2.05, 4.69) is 25.1 Å². The molecule has 0 N–H and O–H groups in total. The molecule has 0 spiro atoms. The molecular weight excluding hydrogens is 446 g/mol. The number of aryl methyl sites for hydroxylation is 1. The number of nitrogens with zero attached hydrogens (tertiary/aromatic N) is 6. The molecule has 2 aromatic carbocycles. The van der Waals surface area contributed by atoms with Gasteiger partial charge >= 0.3 is 6.61 Å². The second-order valence-electron chi connectivity index (χ2n) is 7.86. The average Bonchev–Trinajstić information content (AvgIpc) is 3.60. The van der Waals surface area contributed by atoms with Gasteiger partial charge in [0.1, 0.15) is 11.8 Å². The van der Waals surface area contributed by atoms with Gasteiger partial charge in [-0.1, -0.05) is 28.9 Å². The van der Waals surface area contributed by atoms with Crippen LogP contribution in [0.4, 0.5) is 8.78 Å². The molecule has 1 aliphatic rings. The first-order chi connectivity index (χ1) is 16.5. The summed E-state index contributed by atoms with van der Waals surface area (Å²) in [5.41, 5.74) is 2.45. The Kier molecular flexibility index (Phi) is 5.74. The Morgan fingerprint density at radius 3 is 2.79 bits per heavy atom. The number of carbonyl (C=O) groups excluding carboxylic acids is 1. The van der Waals surface area contributed by atoms with Crippen molar-refractivity contribution in [2.45, 2.75) is 32.4 Å². The molecule has 174 valence electrons. The van der Waals surface area contributed by atoms with Crippen molar-refractivity contribution in [1.82, 2.24) is 30.0 Å². The van der Waals surface area contributed by atoms with Crippen LogP contribution in [0.3, 0.4) is 0 Å². The molecule has 1 saturated heterocycles. The van der Waals surface area contributed by atoms with Crippen LogP contribution in [0.25, 0.3) is 17.1 Å². The Hall–Kier alpha value is -4.15. The number of hydrogen-bond acceptors (Lipinski definition) is 7. The second kappa shape index (κ2) is 9.00. The number of benzene rings is 2. The minimum absolute atomic E-state index is 0.00396. The number of likely N-dealkylation sites (tertiary alicyclic amines) is 1. The fourth-order valence-electron chi connectivity index (χ4n) is 4.06. The zero-order valence-electron chi connectivity index (χ0n) is 18.1. The molecule has 11 heteroatoms. The van der Waals surface area contributed by atoms with Gasteiger partial charge in [0.15, 0.2) is 0 Å². The van der Waals surface area contributed by atoms with Gasteiger partial charge in [-0.15, -0.1) is 0 Å². The van der Waals surface area contributed by atoms with Gasteiger partial charge in [0.05, 0.1) is 23.6 Å². The van der Waals surface area contributed by atoms with Crippen LogP contribution < -0.4 is 4.74 Å². The molecule has 1 fully saturated rings. The van der Waals surface area contributed by atoms with Gasteiger partial charge in [-0.25, -0.2) is 0 Å². The highest BCUT2D eigenvalue weighted by atomic mass is 19.3. The molecule has 1 atom stereocenters. The van der Waals surface area contributed by atoms with Gasteiger partial charge in [-0.05, 0) is 44.0 Å². The molecule has 3 heterocycles. The lowest BCUT2D eigenvalue weighted by atomic mass is 10.1. The molecule has 0 unspecified atom stereocenters. The van der Waals surface area contributed by atoms with E-state index in [1.165, 1.54) is 16.9 Å². The SMILES string of the molecule is Cc1ccc(-n2nccn2)c(C(=O)N2CCC[C@H]2c2nc(-c3cccc(OC(F)F)c3)no2)c1. The molecule has 4 aromatic rings. The van der Waals surface area contributed by atoms with Gasteiger partial charge < -0.3 is 14.2 Å². The van der Waals surface area contributed by atoms with Crippen molar-refractivity contribution in [3.63, 3.8) is 0 Å². The van der Waals surface area contributed by atoms with Crippen LogP contribution in [-0.2, 0) is 0 Å². The highest BCUT2D eigenvalue weighted by molar-refractivity contribution is 5.98. The van der Waals surface area contributed by atoms with Crippen molar-refractivity contribution in [3.05, 3.63) is 71.9 Å². The third-order valence-corrected chi connectivity index (χ3v) is 5.57. The maximum absolute atomic E-state index is 13.6. The summed E-state index contributed by atoms with van der Waals surface area (Å²) in [5, 5.41) is 12.3. The van der Waals surface area contributed by atoms with Crippen LogP contribution in [-0.4, -0.2) is 49.1 Å². The molecule has 0 radical (unpaired) electrons. The third kappa shape index (κ3) is 4.24. The average molecular weight is 466 g/mol. The highest BCUT2D eigenvalue weighted by Gasteiger charge is 2.35. The molecule has 5 rings (SSSR count). The molecule has 1 amide bonds. The largest absolute Gasteiger partial charge is 0.435 e. The Labute approximate surface area is 192 Å². The Morgan fingerprint density at radius 1 is 1.18 bits per heavy atom. The summed E-state index contributed by atoms with van der Waals surface area (Å²) < 4.78 is 35.0. The lowest BCUT2D eigenvalue weighted by molar-refractivity contribution is -0.0498. The van der Waals surface area contributed by atoms with E-state index < -0.39 is 12.7 Å². The number of carbonyl (C=O) groups is 1. The van der Waals surface area contributed by atoms with E-state index in [0.29, 0.717) is 29.8 Å². The van der Waals surface area contributed by atoms with E-state index in [1.54, 1.807) is 29.4 Å². The second-order valence-corrected chi connectivity index (χ2v) is 7.86. The summed E-state index contributed by atoms with van der Waals surface area (Å²) in [5.74, 6) is 0.319. The summed E-state index contributed by atoms with van der Waals surface area (Å²) in [4.78, 5) is 21.2. The number of ether oxygens (including phenoxy) is 1. The topological polar surface area (TPSA) is 99.2 Å². The predicted octanol–water partition coefficient (Wildman–Crippen LogP) is 4.20. The fraction of sp³-hybridized carbons (Fsp3) is 0.261. The Bertz CT molecular complexity index is 1310. The fourth-order valence-corrected chi connectivity index (χ4v) is 4.06. The number of aromatic nitrogens is 5. The van der Waals surface area contributed by atoms with Crippen LogP contribution >= 0.6 is 0 Å². The van der Waals surface area contributed by atoms with E-state index in [4.69, 9.17) is 4.52 Å². The van der Waals surface area contributed by atoms with Crippen molar-refractivity contribution < 1.29 is 22.8 Å². The summed E-state index contributed by atoms with van der Waals surface area (Å²) >= 11 is 0. The van der Waals surface area contributed by atoms with Gasteiger partial charge in [0, 0.05) is 12.1 Å². The summed E-state index contributed by atoms with van der Waals surface area (Å²) in [7, 11) is 0. The molecule has 0 saturated carbocycles. The molecule has 0 bridgehead atoms. The Morgan fingerprint density at radius 2 is 2.00 bits per heavy atom. The van der Waals surface area contributed by atoms with Crippen LogP contribution in [0.2, 0.25) is 0 Å². The van der Waals surface area contributed by atoms with Crippen molar-refractivity contribution in [2.75, 3.05) is 6.54 Å². The normalized spacial score (nSPS) is 15.8. The predicted molar refractivity (Wildman–Crippen MR) is 115 cm³/mol. The lowest BCUT2D eigenvalue weighted by Gasteiger charge is -2.23. The first-order valence-electron chi connectivity index (χ1n) is 10.7. The first kappa shape index (κ1) is 21.7. The van der Waals surface area contributed by atoms with Crippen molar-refractivity contribution >= 4 is 5.91 Å². The van der Waals surface area contributed by atoms with Gasteiger partial charge in [0.25, 0.3) is 5.91 Å². The summed E-state index contributed by atoms with van der Waals surface area (Å²) in [6, 6.07) is 11.2. The van der Waals surface area contributed by atoms with Crippen molar-refractivity contribution in [2.24, 2.45) is 0 Å². The number of amides is 1. The van der Waals surface area contributed by atoms with Gasteiger partial charge in [-0.2, -0.15) is 28.8 Å². The lowest BCUT2D eigenvalue weighted by Crippen LogP contribution is -2.31. The number of hydrogen-bond donors (Lipinski definition) is 0. The maximum atomic E-state index is 13.6. The van der Waals surface area contributed by atoms with E-state index >= 15 is 0 Å². The molecule has 1 aliphatic heterocycles. The van der Waals surface area contributed by atoms with Crippen molar-refractivity contribution in [1.29, 1.82) is 0 Å². The van der Waals surface area contributed by atoms with Crippen LogP contribution in [0, 0.1) is 6.92 Å². The van der Waals surface area contributed by atoms with E-state index in [-0.39, 0.29) is 23.4 Å². The van der Waals surface area contributed by atoms with Crippen LogP contribution in [0.15, 0.2) is 59.4 Å². The number of alkyl halides is 2. The molecule has 0 aliphatic carbocycles. The summed E-state index contributed by atoms with van der Waals surface area (Å²) in [6.45, 7) is -0.495. The number of halogens is 2. The molecule has 9 nitrogen and oxygen atoms in total. The standard InChI is InChI=1S/C23H20F2N6O3/c1-14-7-8-18(31-26-9-10-27-31)17(12-14)22(32)30-11-3-6-19(30)21-28-20(29-34-21)15-4-2-5-16(13-15)33-23(24)25/h2,4-5,7-10,12-13,19,23H,3,6,11H2,1H3/t19-/m0/s1. The first-order valence-corrected chi connectivity index (χ1v) is 10.7.